The van der Waals surface area contributed by atoms with Crippen LogP contribution in [0.5, 0.6) is 11.5 Å². The van der Waals surface area contributed by atoms with Gasteiger partial charge in [0.1, 0.15) is 17.1 Å². The highest BCUT2D eigenvalue weighted by molar-refractivity contribution is 6.16. The van der Waals surface area contributed by atoms with Crippen molar-refractivity contribution < 1.29 is 19.1 Å². The first kappa shape index (κ1) is 13.2. The molecule has 0 unspecified atom stereocenters. The Hall–Kier alpha value is -2.82. The number of phenols is 1. The van der Waals surface area contributed by atoms with Crippen molar-refractivity contribution >= 4 is 27.5 Å². The van der Waals surface area contributed by atoms with Crippen LogP contribution in [0.15, 0.2) is 39.5 Å². The van der Waals surface area contributed by atoms with Gasteiger partial charge in [-0.1, -0.05) is 0 Å². The maximum absolute atomic E-state index is 12.0. The van der Waals surface area contributed by atoms with E-state index in [0.29, 0.717) is 27.5 Å². The van der Waals surface area contributed by atoms with E-state index in [0.717, 1.165) is 0 Å². The van der Waals surface area contributed by atoms with E-state index in [9.17, 15) is 14.7 Å². The smallest absolute Gasteiger partial charge is 0.344 e. The van der Waals surface area contributed by atoms with Gasteiger partial charge in [-0.25, -0.2) is 4.79 Å². The SMILES string of the molecule is COc1ccc2c(=O)oc3cc(O)cc(C(C)=O)c3c2c1. The van der Waals surface area contributed by atoms with Crippen molar-refractivity contribution in [2.45, 2.75) is 6.92 Å². The van der Waals surface area contributed by atoms with E-state index in [1.807, 2.05) is 0 Å². The summed E-state index contributed by atoms with van der Waals surface area (Å²) in [6, 6.07) is 7.61. The standard InChI is InChI=1S/C16H12O5/c1-8(17)12-5-9(18)6-14-15(12)13-7-10(20-2)3-4-11(13)16(19)21-14/h3-7,18H,1-2H3. The lowest BCUT2D eigenvalue weighted by atomic mass is 10.00. The number of Topliss-reactive ketones (excluding diaryl/α,β-unsaturated/α-hetero) is 1. The average molecular weight is 284 g/mol. The lowest BCUT2D eigenvalue weighted by Gasteiger charge is -2.08. The summed E-state index contributed by atoms with van der Waals surface area (Å²) >= 11 is 0. The van der Waals surface area contributed by atoms with Crippen LogP contribution in [0.2, 0.25) is 0 Å². The van der Waals surface area contributed by atoms with E-state index >= 15 is 0 Å². The molecule has 0 atom stereocenters. The van der Waals surface area contributed by atoms with Gasteiger partial charge in [0.25, 0.3) is 0 Å². The fraction of sp³-hybridized carbons (Fsp3) is 0.125. The number of carbonyl (C=O) groups excluding carboxylic acids is 1. The van der Waals surface area contributed by atoms with Gasteiger partial charge in [-0.05, 0) is 31.2 Å². The van der Waals surface area contributed by atoms with Crippen LogP contribution in [0, 0.1) is 0 Å². The van der Waals surface area contributed by atoms with E-state index in [1.165, 1.54) is 26.2 Å². The third kappa shape index (κ3) is 2.03. The molecule has 0 aliphatic carbocycles. The second-order valence-electron chi connectivity index (χ2n) is 4.72. The molecule has 0 aliphatic heterocycles. The average Bonchev–Trinajstić information content (AvgIpc) is 2.45. The molecule has 0 spiro atoms. The summed E-state index contributed by atoms with van der Waals surface area (Å²) in [5.74, 6) is 0.212. The highest BCUT2D eigenvalue weighted by Crippen LogP contribution is 2.32. The van der Waals surface area contributed by atoms with Crippen LogP contribution in [-0.2, 0) is 0 Å². The summed E-state index contributed by atoms with van der Waals surface area (Å²) in [6.45, 7) is 1.39. The third-order valence-electron chi connectivity index (χ3n) is 3.38. The van der Waals surface area contributed by atoms with Gasteiger partial charge in [0.2, 0.25) is 0 Å². The van der Waals surface area contributed by atoms with Gasteiger partial charge in [-0.15, -0.1) is 0 Å². The summed E-state index contributed by atoms with van der Waals surface area (Å²) in [5.41, 5.74) is -0.0572. The molecule has 5 heteroatoms. The molecule has 106 valence electrons. The topological polar surface area (TPSA) is 76.7 Å². The van der Waals surface area contributed by atoms with Crippen molar-refractivity contribution in [3.8, 4) is 11.5 Å². The summed E-state index contributed by atoms with van der Waals surface area (Å²) < 4.78 is 10.4. The molecule has 2 aromatic carbocycles. The molecular formula is C16H12O5. The van der Waals surface area contributed by atoms with Gasteiger partial charge in [0.05, 0.1) is 12.5 Å². The van der Waals surface area contributed by atoms with Gasteiger partial charge < -0.3 is 14.3 Å². The molecular weight excluding hydrogens is 272 g/mol. The van der Waals surface area contributed by atoms with E-state index in [-0.39, 0.29) is 17.1 Å². The van der Waals surface area contributed by atoms with E-state index in [4.69, 9.17) is 9.15 Å². The lowest BCUT2D eigenvalue weighted by molar-refractivity contribution is 0.101. The molecule has 0 fully saturated rings. The van der Waals surface area contributed by atoms with Gasteiger partial charge >= 0.3 is 5.63 Å². The van der Waals surface area contributed by atoms with Gasteiger partial charge in [-0.3, -0.25) is 4.79 Å². The number of benzene rings is 2. The third-order valence-corrected chi connectivity index (χ3v) is 3.38. The summed E-state index contributed by atoms with van der Waals surface area (Å²) in [5, 5.41) is 11.1. The van der Waals surface area contributed by atoms with Gasteiger partial charge in [-0.2, -0.15) is 0 Å². The number of carbonyl (C=O) groups is 1. The van der Waals surface area contributed by atoms with Crippen molar-refractivity contribution in [1.82, 2.24) is 0 Å². The Morgan fingerprint density at radius 2 is 1.95 bits per heavy atom. The molecule has 21 heavy (non-hydrogen) atoms. The van der Waals surface area contributed by atoms with E-state index < -0.39 is 5.63 Å². The van der Waals surface area contributed by atoms with Crippen molar-refractivity contribution in [3.63, 3.8) is 0 Å². The molecule has 1 heterocycles. The number of hydrogen-bond acceptors (Lipinski definition) is 5. The largest absolute Gasteiger partial charge is 0.508 e. The van der Waals surface area contributed by atoms with Crippen molar-refractivity contribution in [3.05, 3.63) is 46.3 Å². The quantitative estimate of drug-likeness (QED) is 0.445. The highest BCUT2D eigenvalue weighted by Gasteiger charge is 2.15. The molecule has 0 bridgehead atoms. The molecule has 1 N–H and O–H groups in total. The monoisotopic (exact) mass is 284 g/mol. The minimum atomic E-state index is -0.528. The fourth-order valence-corrected chi connectivity index (χ4v) is 2.43. The van der Waals surface area contributed by atoms with Crippen molar-refractivity contribution in [2.24, 2.45) is 0 Å². The number of rotatable bonds is 2. The number of fused-ring (bicyclic) bond motifs is 3. The molecule has 0 saturated carbocycles. The number of methoxy groups -OCH3 is 1. The number of phenolic OH excluding ortho intramolecular Hbond substituents is 1. The van der Waals surface area contributed by atoms with Crippen molar-refractivity contribution in [2.75, 3.05) is 7.11 Å². The number of ketones is 1. The van der Waals surface area contributed by atoms with E-state index in [2.05, 4.69) is 0 Å². The molecule has 1 aromatic heterocycles. The molecule has 0 saturated heterocycles. The molecule has 0 amide bonds. The fourth-order valence-electron chi connectivity index (χ4n) is 2.43. The van der Waals surface area contributed by atoms with Gasteiger partial charge in [0, 0.05) is 22.4 Å². The highest BCUT2D eigenvalue weighted by atomic mass is 16.5. The molecule has 5 nitrogen and oxygen atoms in total. The Labute approximate surface area is 119 Å². The maximum Gasteiger partial charge on any atom is 0.344 e. The second kappa shape index (κ2) is 4.63. The molecule has 3 aromatic rings. The normalized spacial score (nSPS) is 11.0. The summed E-state index contributed by atoms with van der Waals surface area (Å²) in [6.07, 6.45) is 0. The molecule has 3 rings (SSSR count). The number of ether oxygens (including phenoxy) is 1. The Kier molecular flexibility index (Phi) is 2.90. The van der Waals surface area contributed by atoms with Crippen LogP contribution in [0.3, 0.4) is 0 Å². The first-order valence-electron chi connectivity index (χ1n) is 6.30. The zero-order valence-corrected chi connectivity index (χ0v) is 11.5. The Morgan fingerprint density at radius 1 is 1.19 bits per heavy atom. The Bertz CT molecular complexity index is 937. The number of hydrogen-bond donors (Lipinski definition) is 1. The van der Waals surface area contributed by atoms with Crippen LogP contribution >= 0.6 is 0 Å². The molecule has 0 radical (unpaired) electrons. The minimum Gasteiger partial charge on any atom is -0.508 e. The van der Waals surface area contributed by atoms with Gasteiger partial charge in [0.15, 0.2) is 5.78 Å². The van der Waals surface area contributed by atoms with E-state index in [1.54, 1.807) is 18.2 Å². The minimum absolute atomic E-state index is 0.127. The van der Waals surface area contributed by atoms with Crippen LogP contribution in [0.4, 0.5) is 0 Å². The van der Waals surface area contributed by atoms with Crippen LogP contribution < -0.4 is 10.4 Å². The zero-order chi connectivity index (χ0) is 15.1. The summed E-state index contributed by atoms with van der Waals surface area (Å²) in [4.78, 5) is 23.8. The predicted molar refractivity (Wildman–Crippen MR) is 78.2 cm³/mol. The Morgan fingerprint density at radius 3 is 2.62 bits per heavy atom. The predicted octanol–water partition coefficient (Wildman–Crippen LogP) is 2.86. The first-order valence-corrected chi connectivity index (χ1v) is 6.30. The van der Waals surface area contributed by atoms with Crippen LogP contribution in [-0.4, -0.2) is 18.0 Å². The number of aromatic hydroxyl groups is 1. The Balaban J connectivity index is 2.62. The van der Waals surface area contributed by atoms with Crippen LogP contribution in [0.25, 0.3) is 21.7 Å². The zero-order valence-electron chi connectivity index (χ0n) is 11.5. The lowest BCUT2D eigenvalue weighted by Crippen LogP contribution is -2.03. The summed E-state index contributed by atoms with van der Waals surface area (Å²) in [7, 11) is 1.52. The van der Waals surface area contributed by atoms with Crippen molar-refractivity contribution in [1.29, 1.82) is 0 Å². The molecule has 0 aliphatic rings. The van der Waals surface area contributed by atoms with Crippen LogP contribution in [0.1, 0.15) is 17.3 Å². The second-order valence-corrected chi connectivity index (χ2v) is 4.72. The maximum atomic E-state index is 12.0. The first-order chi connectivity index (χ1) is 10.0.